The summed E-state index contributed by atoms with van der Waals surface area (Å²) in [5.41, 5.74) is 2.68. The fourth-order valence-corrected chi connectivity index (χ4v) is 1.83. The van der Waals surface area contributed by atoms with Crippen LogP contribution in [0.15, 0.2) is 29.3 Å². The topological polar surface area (TPSA) is 36.4 Å². The average molecular weight is 217 g/mol. The third kappa shape index (κ3) is 2.54. The molecule has 2 N–H and O–H groups in total. The molecule has 1 aliphatic rings. The van der Waals surface area contributed by atoms with Gasteiger partial charge in [0.15, 0.2) is 5.96 Å². The number of hydrogen-bond donors (Lipinski definition) is 2. The van der Waals surface area contributed by atoms with Gasteiger partial charge in [0.1, 0.15) is 0 Å². The third-order valence-corrected chi connectivity index (χ3v) is 2.92. The molecule has 86 valence electrons. The highest BCUT2D eigenvalue weighted by Crippen LogP contribution is 2.13. The van der Waals surface area contributed by atoms with Gasteiger partial charge in [0, 0.05) is 6.54 Å². The first-order valence-electron chi connectivity index (χ1n) is 5.93. The number of aliphatic imine (C=N–C) groups is 1. The number of nitrogens with one attached hydrogen (secondary N) is 2. The van der Waals surface area contributed by atoms with E-state index in [1.165, 1.54) is 11.1 Å². The molecule has 1 aromatic carbocycles. The standard InChI is InChI=1S/C13H19N3/c1-3-11-4-6-12(7-5-11)10(2)16-13-14-8-9-15-13/h4-7,10H,3,8-9H2,1-2H3,(H2,14,15,16). The van der Waals surface area contributed by atoms with Crippen molar-refractivity contribution in [1.82, 2.24) is 10.6 Å². The summed E-state index contributed by atoms with van der Waals surface area (Å²) in [6, 6.07) is 9.06. The van der Waals surface area contributed by atoms with Crippen LogP contribution in [0.5, 0.6) is 0 Å². The number of guanidine groups is 1. The van der Waals surface area contributed by atoms with Crippen LogP contribution in [0.3, 0.4) is 0 Å². The minimum atomic E-state index is 0.301. The molecular weight excluding hydrogens is 198 g/mol. The van der Waals surface area contributed by atoms with E-state index in [2.05, 4.69) is 53.7 Å². The number of rotatable bonds is 3. The molecule has 0 radical (unpaired) electrons. The van der Waals surface area contributed by atoms with Gasteiger partial charge in [-0.25, -0.2) is 0 Å². The molecule has 0 amide bonds. The van der Waals surface area contributed by atoms with E-state index in [4.69, 9.17) is 0 Å². The Balaban J connectivity index is 1.99. The maximum Gasteiger partial charge on any atom is 0.191 e. The molecule has 0 aliphatic carbocycles. The highest BCUT2D eigenvalue weighted by molar-refractivity contribution is 5.81. The summed E-state index contributed by atoms with van der Waals surface area (Å²) in [7, 11) is 0. The first-order chi connectivity index (χ1) is 7.79. The molecule has 3 nitrogen and oxygen atoms in total. The third-order valence-electron chi connectivity index (χ3n) is 2.92. The van der Waals surface area contributed by atoms with Crippen LogP contribution >= 0.6 is 0 Å². The molecule has 1 aromatic rings. The van der Waals surface area contributed by atoms with Gasteiger partial charge in [-0.15, -0.1) is 0 Å². The Labute approximate surface area is 97.0 Å². The van der Waals surface area contributed by atoms with E-state index < -0.39 is 0 Å². The molecular formula is C13H19N3. The van der Waals surface area contributed by atoms with Crippen LogP contribution < -0.4 is 10.6 Å². The lowest BCUT2D eigenvalue weighted by Gasteiger charge is -2.15. The monoisotopic (exact) mass is 217 g/mol. The van der Waals surface area contributed by atoms with E-state index in [1.807, 2.05) is 0 Å². The van der Waals surface area contributed by atoms with Crippen LogP contribution in [0.2, 0.25) is 0 Å². The number of nitrogens with zero attached hydrogens (tertiary/aromatic N) is 1. The Morgan fingerprint density at radius 1 is 1.38 bits per heavy atom. The fraction of sp³-hybridized carbons (Fsp3) is 0.462. The van der Waals surface area contributed by atoms with Gasteiger partial charge < -0.3 is 10.6 Å². The smallest absolute Gasteiger partial charge is 0.191 e. The first kappa shape index (κ1) is 11.0. The van der Waals surface area contributed by atoms with Crippen molar-refractivity contribution in [3.05, 3.63) is 35.4 Å². The van der Waals surface area contributed by atoms with Crippen molar-refractivity contribution < 1.29 is 0 Å². The molecule has 0 fully saturated rings. The van der Waals surface area contributed by atoms with E-state index in [0.717, 1.165) is 25.5 Å². The predicted molar refractivity (Wildman–Crippen MR) is 67.7 cm³/mol. The summed E-state index contributed by atoms with van der Waals surface area (Å²) in [6.07, 6.45) is 1.09. The van der Waals surface area contributed by atoms with E-state index in [1.54, 1.807) is 0 Å². The van der Waals surface area contributed by atoms with Crippen LogP contribution in [-0.2, 0) is 6.42 Å². The fourth-order valence-electron chi connectivity index (χ4n) is 1.83. The molecule has 0 spiro atoms. The summed E-state index contributed by atoms with van der Waals surface area (Å²) in [5, 5.41) is 6.59. The molecule has 16 heavy (non-hydrogen) atoms. The van der Waals surface area contributed by atoms with Gasteiger partial charge in [0.25, 0.3) is 0 Å². The van der Waals surface area contributed by atoms with Gasteiger partial charge >= 0.3 is 0 Å². The largest absolute Gasteiger partial charge is 0.355 e. The number of aryl methyl sites for hydroxylation is 1. The van der Waals surface area contributed by atoms with Gasteiger partial charge in [0.2, 0.25) is 0 Å². The highest BCUT2D eigenvalue weighted by atomic mass is 15.2. The van der Waals surface area contributed by atoms with E-state index in [9.17, 15) is 0 Å². The lowest BCUT2D eigenvalue weighted by atomic mass is 10.1. The second-order valence-corrected chi connectivity index (χ2v) is 4.12. The highest BCUT2D eigenvalue weighted by Gasteiger charge is 2.09. The Morgan fingerprint density at radius 3 is 2.69 bits per heavy atom. The zero-order valence-electron chi connectivity index (χ0n) is 9.96. The van der Waals surface area contributed by atoms with Crippen LogP contribution in [0.25, 0.3) is 0 Å². The van der Waals surface area contributed by atoms with Crippen LogP contribution in [0, 0.1) is 0 Å². The van der Waals surface area contributed by atoms with Crippen molar-refractivity contribution in [2.24, 2.45) is 4.99 Å². The normalized spacial score (nSPS) is 16.5. The molecule has 2 rings (SSSR count). The summed E-state index contributed by atoms with van der Waals surface area (Å²) < 4.78 is 0. The molecule has 0 saturated heterocycles. The van der Waals surface area contributed by atoms with E-state index >= 15 is 0 Å². The van der Waals surface area contributed by atoms with Gasteiger partial charge in [-0.05, 0) is 24.5 Å². The Morgan fingerprint density at radius 2 is 2.12 bits per heavy atom. The van der Waals surface area contributed by atoms with Crippen LogP contribution in [0.4, 0.5) is 0 Å². The quantitative estimate of drug-likeness (QED) is 0.810. The maximum absolute atomic E-state index is 4.33. The summed E-state index contributed by atoms with van der Waals surface area (Å²) in [6.45, 7) is 6.16. The van der Waals surface area contributed by atoms with E-state index in [0.29, 0.717) is 6.04 Å². The Hall–Kier alpha value is -1.51. The minimum Gasteiger partial charge on any atom is -0.355 e. The van der Waals surface area contributed by atoms with Gasteiger partial charge in [0.05, 0.1) is 12.6 Å². The Bertz CT molecular complexity index is 367. The van der Waals surface area contributed by atoms with Crippen molar-refractivity contribution in [2.75, 3.05) is 13.1 Å². The minimum absolute atomic E-state index is 0.301. The van der Waals surface area contributed by atoms with Gasteiger partial charge in [-0.1, -0.05) is 31.2 Å². The second kappa shape index (κ2) is 5.01. The van der Waals surface area contributed by atoms with E-state index in [-0.39, 0.29) is 0 Å². The predicted octanol–water partition coefficient (Wildman–Crippen LogP) is 1.86. The zero-order chi connectivity index (χ0) is 11.4. The maximum atomic E-state index is 4.33. The van der Waals surface area contributed by atoms with Crippen LogP contribution in [0.1, 0.15) is 31.0 Å². The molecule has 1 heterocycles. The number of benzene rings is 1. The van der Waals surface area contributed by atoms with Crippen molar-refractivity contribution >= 4 is 5.96 Å². The molecule has 1 atom stereocenters. The molecule has 0 aromatic heterocycles. The Kier molecular flexibility index (Phi) is 3.44. The second-order valence-electron chi connectivity index (χ2n) is 4.12. The summed E-state index contributed by atoms with van der Waals surface area (Å²) in [4.78, 5) is 4.33. The van der Waals surface area contributed by atoms with Crippen molar-refractivity contribution in [3.63, 3.8) is 0 Å². The molecule has 1 unspecified atom stereocenters. The summed E-state index contributed by atoms with van der Waals surface area (Å²) >= 11 is 0. The van der Waals surface area contributed by atoms with Gasteiger partial charge in [-0.2, -0.15) is 0 Å². The lowest BCUT2D eigenvalue weighted by molar-refractivity contribution is 0.702. The average Bonchev–Trinajstić information content (AvgIpc) is 2.82. The molecule has 3 heteroatoms. The molecule has 0 bridgehead atoms. The van der Waals surface area contributed by atoms with Crippen molar-refractivity contribution in [3.8, 4) is 0 Å². The van der Waals surface area contributed by atoms with Crippen molar-refractivity contribution in [2.45, 2.75) is 26.3 Å². The first-order valence-corrected chi connectivity index (χ1v) is 5.93. The van der Waals surface area contributed by atoms with Crippen molar-refractivity contribution in [1.29, 1.82) is 0 Å². The van der Waals surface area contributed by atoms with Gasteiger partial charge in [-0.3, -0.25) is 4.99 Å². The molecule has 1 aliphatic heterocycles. The molecule has 0 saturated carbocycles. The zero-order valence-corrected chi connectivity index (χ0v) is 9.96. The summed E-state index contributed by atoms with van der Waals surface area (Å²) in [5.74, 6) is 0.923. The lowest BCUT2D eigenvalue weighted by Crippen LogP contribution is -2.35. The number of hydrogen-bond acceptors (Lipinski definition) is 3. The van der Waals surface area contributed by atoms with Crippen LogP contribution in [-0.4, -0.2) is 19.0 Å². The SMILES string of the molecule is CCc1ccc(C(C)NC2=NCCN2)cc1.